The maximum absolute atomic E-state index is 3.79. The van der Waals surface area contributed by atoms with Crippen molar-refractivity contribution in [3.63, 3.8) is 0 Å². The van der Waals surface area contributed by atoms with Crippen LogP contribution in [0.25, 0.3) is 5.69 Å². The summed E-state index contributed by atoms with van der Waals surface area (Å²) < 4.78 is 2.31. The third-order valence-electron chi connectivity index (χ3n) is 3.71. The lowest BCUT2D eigenvalue weighted by molar-refractivity contribution is 0.552. The molecule has 1 aromatic carbocycles. The van der Waals surface area contributed by atoms with Gasteiger partial charge in [0.05, 0.1) is 0 Å². The highest BCUT2D eigenvalue weighted by molar-refractivity contribution is 5.40. The van der Waals surface area contributed by atoms with Crippen LogP contribution in [0.2, 0.25) is 0 Å². The van der Waals surface area contributed by atoms with Crippen molar-refractivity contribution in [2.45, 2.75) is 39.8 Å². The number of hydrogen-bond acceptors (Lipinski definition) is 1. The van der Waals surface area contributed by atoms with Gasteiger partial charge >= 0.3 is 0 Å². The summed E-state index contributed by atoms with van der Waals surface area (Å²) in [5.74, 6) is 0. The maximum atomic E-state index is 3.79. The van der Waals surface area contributed by atoms with Crippen molar-refractivity contribution in [2.24, 2.45) is 0 Å². The predicted molar refractivity (Wildman–Crippen MR) is 86.4 cm³/mol. The van der Waals surface area contributed by atoms with Gasteiger partial charge in [-0.15, -0.1) is 6.58 Å². The minimum Gasteiger partial charge on any atom is -0.318 e. The molecule has 1 aromatic heterocycles. The van der Waals surface area contributed by atoms with E-state index in [1.54, 1.807) is 0 Å². The van der Waals surface area contributed by atoms with E-state index in [0.717, 1.165) is 13.0 Å². The van der Waals surface area contributed by atoms with Gasteiger partial charge in [0.15, 0.2) is 0 Å². The van der Waals surface area contributed by atoms with E-state index in [1.165, 1.54) is 22.6 Å². The zero-order valence-corrected chi connectivity index (χ0v) is 12.7. The van der Waals surface area contributed by atoms with Crippen molar-refractivity contribution in [1.82, 2.24) is 9.88 Å². The smallest absolute Gasteiger partial charge is 0.0455 e. The summed E-state index contributed by atoms with van der Waals surface area (Å²) in [4.78, 5) is 0. The second kappa shape index (κ2) is 6.58. The van der Waals surface area contributed by atoms with Crippen LogP contribution >= 0.6 is 0 Å². The van der Waals surface area contributed by atoms with Crippen LogP contribution in [0.15, 0.2) is 49.1 Å². The van der Waals surface area contributed by atoms with Crippen molar-refractivity contribution < 1.29 is 0 Å². The minimum absolute atomic E-state index is 0.465. The Hall–Kier alpha value is -1.80. The molecule has 0 radical (unpaired) electrons. The van der Waals surface area contributed by atoms with Gasteiger partial charge in [-0.05, 0) is 51.0 Å². The zero-order valence-electron chi connectivity index (χ0n) is 12.7. The van der Waals surface area contributed by atoms with E-state index >= 15 is 0 Å². The molecule has 0 saturated carbocycles. The third kappa shape index (κ3) is 3.20. The number of aryl methyl sites for hydroxylation is 1. The molecule has 2 heteroatoms. The molecule has 0 bridgehead atoms. The van der Waals surface area contributed by atoms with Crippen LogP contribution in [0.1, 0.15) is 30.3 Å². The summed E-state index contributed by atoms with van der Waals surface area (Å²) in [5, 5.41) is 3.55. The molecule has 1 atom stereocenters. The first kappa shape index (κ1) is 14.6. The Morgan fingerprint density at radius 1 is 1.25 bits per heavy atom. The average Bonchev–Trinajstić information content (AvgIpc) is 2.72. The van der Waals surface area contributed by atoms with Gasteiger partial charge in [0.1, 0.15) is 0 Å². The average molecular weight is 268 g/mol. The van der Waals surface area contributed by atoms with E-state index in [0.29, 0.717) is 6.04 Å². The fraction of sp³-hybridized carbons (Fsp3) is 0.333. The molecule has 0 saturated heterocycles. The Morgan fingerprint density at radius 3 is 2.60 bits per heavy atom. The third-order valence-corrected chi connectivity index (χ3v) is 3.71. The number of hydrogen-bond donors (Lipinski definition) is 1. The van der Waals surface area contributed by atoms with Crippen LogP contribution in [-0.2, 0) is 6.54 Å². The molecule has 20 heavy (non-hydrogen) atoms. The fourth-order valence-electron chi connectivity index (χ4n) is 2.60. The summed E-state index contributed by atoms with van der Waals surface area (Å²) in [5.41, 5.74) is 5.18. The van der Waals surface area contributed by atoms with E-state index in [-0.39, 0.29) is 0 Å². The van der Waals surface area contributed by atoms with Crippen LogP contribution in [0.4, 0.5) is 0 Å². The summed E-state index contributed by atoms with van der Waals surface area (Å²) >= 11 is 0. The van der Waals surface area contributed by atoms with Crippen LogP contribution in [0.5, 0.6) is 0 Å². The number of aromatic nitrogens is 1. The van der Waals surface area contributed by atoms with Gasteiger partial charge in [0.25, 0.3) is 0 Å². The molecular weight excluding hydrogens is 244 g/mol. The molecule has 106 valence electrons. The zero-order chi connectivity index (χ0) is 14.5. The second-order valence-electron chi connectivity index (χ2n) is 5.37. The lowest BCUT2D eigenvalue weighted by atomic mass is 10.2. The van der Waals surface area contributed by atoms with E-state index in [1.807, 2.05) is 6.08 Å². The molecule has 0 aliphatic carbocycles. The molecule has 0 fully saturated rings. The normalized spacial score (nSPS) is 12.3. The van der Waals surface area contributed by atoms with Gasteiger partial charge in [-0.25, -0.2) is 0 Å². The van der Waals surface area contributed by atoms with E-state index in [9.17, 15) is 0 Å². The Morgan fingerprint density at radius 2 is 1.95 bits per heavy atom. The molecule has 0 amide bonds. The topological polar surface area (TPSA) is 17.0 Å². The molecular formula is C18H24N2. The minimum atomic E-state index is 0.465. The summed E-state index contributed by atoms with van der Waals surface area (Å²) in [7, 11) is 0. The quantitative estimate of drug-likeness (QED) is 0.779. The monoisotopic (exact) mass is 268 g/mol. The molecule has 1 unspecified atom stereocenters. The van der Waals surface area contributed by atoms with Crippen LogP contribution < -0.4 is 5.32 Å². The number of nitrogens with one attached hydrogen (secondary N) is 1. The SMILES string of the molecule is C=CCC(C)NCc1cc(C)n(-c2ccccc2)c1C. The Balaban J connectivity index is 2.19. The lowest BCUT2D eigenvalue weighted by Crippen LogP contribution is -2.24. The maximum Gasteiger partial charge on any atom is 0.0455 e. The molecule has 2 rings (SSSR count). The van der Waals surface area contributed by atoms with E-state index < -0.39 is 0 Å². The number of nitrogens with zero attached hydrogens (tertiary/aromatic N) is 1. The van der Waals surface area contributed by atoms with Crippen molar-refractivity contribution >= 4 is 0 Å². The number of para-hydroxylation sites is 1. The Kier molecular flexibility index (Phi) is 4.80. The second-order valence-corrected chi connectivity index (χ2v) is 5.37. The van der Waals surface area contributed by atoms with Crippen LogP contribution in [0, 0.1) is 13.8 Å². The van der Waals surface area contributed by atoms with E-state index in [2.05, 4.69) is 73.6 Å². The summed E-state index contributed by atoms with van der Waals surface area (Å²) in [6, 6.07) is 13.3. The molecule has 2 aromatic rings. The van der Waals surface area contributed by atoms with Crippen LogP contribution in [0.3, 0.4) is 0 Å². The fourth-order valence-corrected chi connectivity index (χ4v) is 2.60. The van der Waals surface area contributed by atoms with Gasteiger partial charge in [-0.1, -0.05) is 24.3 Å². The first-order valence-electron chi connectivity index (χ1n) is 7.21. The highest BCUT2D eigenvalue weighted by Gasteiger charge is 2.10. The molecule has 0 aliphatic heterocycles. The highest BCUT2D eigenvalue weighted by atomic mass is 15.0. The van der Waals surface area contributed by atoms with Crippen LogP contribution in [-0.4, -0.2) is 10.6 Å². The standard InChI is InChI=1S/C18H24N2/c1-5-9-14(2)19-13-17-12-15(3)20(16(17)4)18-10-7-6-8-11-18/h5-8,10-12,14,19H,1,9,13H2,2-4H3. The number of rotatable bonds is 6. The summed E-state index contributed by atoms with van der Waals surface area (Å²) in [6.07, 6.45) is 2.96. The van der Waals surface area contributed by atoms with Crippen molar-refractivity contribution in [2.75, 3.05) is 0 Å². The van der Waals surface area contributed by atoms with Gasteiger partial charge in [0.2, 0.25) is 0 Å². The first-order valence-corrected chi connectivity index (χ1v) is 7.21. The molecule has 0 spiro atoms. The lowest BCUT2D eigenvalue weighted by Gasteiger charge is -2.12. The van der Waals surface area contributed by atoms with Gasteiger partial charge in [-0.2, -0.15) is 0 Å². The van der Waals surface area contributed by atoms with Gasteiger partial charge in [0, 0.05) is 29.7 Å². The van der Waals surface area contributed by atoms with Gasteiger partial charge < -0.3 is 9.88 Å². The Bertz CT molecular complexity index is 567. The molecule has 0 aliphatic rings. The van der Waals surface area contributed by atoms with E-state index in [4.69, 9.17) is 0 Å². The number of benzene rings is 1. The Labute approximate surface area is 122 Å². The predicted octanol–water partition coefficient (Wildman–Crippen LogP) is 4.15. The molecule has 1 heterocycles. The molecule has 2 nitrogen and oxygen atoms in total. The summed E-state index contributed by atoms with van der Waals surface area (Å²) in [6.45, 7) is 11.2. The van der Waals surface area contributed by atoms with Gasteiger partial charge in [-0.3, -0.25) is 0 Å². The highest BCUT2D eigenvalue weighted by Crippen LogP contribution is 2.20. The molecule has 1 N–H and O–H groups in total. The van der Waals surface area contributed by atoms with Crippen molar-refractivity contribution in [3.8, 4) is 5.69 Å². The van der Waals surface area contributed by atoms with Crippen molar-refractivity contribution in [1.29, 1.82) is 0 Å². The van der Waals surface area contributed by atoms with Crippen molar-refractivity contribution in [3.05, 3.63) is 66.0 Å². The first-order chi connectivity index (χ1) is 9.63. The largest absolute Gasteiger partial charge is 0.318 e.